The van der Waals surface area contributed by atoms with Gasteiger partial charge in [-0.25, -0.2) is 0 Å². The minimum atomic E-state index is -0.181. The van der Waals surface area contributed by atoms with Crippen molar-refractivity contribution < 1.29 is 9.21 Å². The molecule has 0 aliphatic heterocycles. The smallest absolute Gasteiger partial charge is 0.322 e. The molecule has 1 N–H and O–H groups in total. The molecular weight excluding hydrogens is 322 g/mol. The Balaban J connectivity index is 1.58. The summed E-state index contributed by atoms with van der Waals surface area (Å²) in [5.74, 6) is 0.491. The van der Waals surface area contributed by atoms with Crippen molar-refractivity contribution in [3.63, 3.8) is 0 Å². The second-order valence-electron chi connectivity index (χ2n) is 5.43. The molecule has 0 atom stereocenters. The number of amides is 1. The van der Waals surface area contributed by atoms with Crippen LogP contribution in [0, 0.1) is 13.8 Å². The summed E-state index contributed by atoms with van der Waals surface area (Å²) in [5.41, 5.74) is 3.13. The zero-order chi connectivity index (χ0) is 16.9. The van der Waals surface area contributed by atoms with E-state index in [1.165, 1.54) is 17.3 Å². The lowest BCUT2D eigenvalue weighted by atomic mass is 10.1. The lowest BCUT2D eigenvalue weighted by molar-refractivity contribution is -0.113. The van der Waals surface area contributed by atoms with E-state index in [0.717, 1.165) is 16.0 Å². The normalized spacial score (nSPS) is 10.6. The van der Waals surface area contributed by atoms with Crippen molar-refractivity contribution in [2.24, 2.45) is 0 Å². The number of benzene rings is 2. The predicted octanol–water partition coefficient (Wildman–Crippen LogP) is 4.08. The maximum absolute atomic E-state index is 12.0. The molecule has 6 heteroatoms. The first-order valence-electron chi connectivity index (χ1n) is 7.50. The second-order valence-corrected chi connectivity index (χ2v) is 6.48. The van der Waals surface area contributed by atoms with Gasteiger partial charge in [0.05, 0.1) is 5.75 Å². The number of hydrogen-bond donors (Lipinski definition) is 1. The molecule has 24 heavy (non-hydrogen) atoms. The molecule has 5 nitrogen and oxygen atoms in total. The Kier molecular flexibility index (Phi) is 4.96. The SMILES string of the molecule is Cc1ccc(SCC(=O)Nc2nnc(-c3cccc(C)c3)o2)cc1. The molecule has 1 aromatic heterocycles. The summed E-state index contributed by atoms with van der Waals surface area (Å²) in [6, 6.07) is 15.9. The van der Waals surface area contributed by atoms with E-state index in [0.29, 0.717) is 5.89 Å². The number of thioether (sulfide) groups is 1. The topological polar surface area (TPSA) is 68.0 Å². The van der Waals surface area contributed by atoms with Crippen LogP contribution in [0.2, 0.25) is 0 Å². The van der Waals surface area contributed by atoms with E-state index in [2.05, 4.69) is 15.5 Å². The molecule has 122 valence electrons. The van der Waals surface area contributed by atoms with Gasteiger partial charge in [0.1, 0.15) is 0 Å². The molecule has 0 aliphatic rings. The highest BCUT2D eigenvalue weighted by Gasteiger charge is 2.11. The fourth-order valence-electron chi connectivity index (χ4n) is 2.11. The van der Waals surface area contributed by atoms with Crippen molar-refractivity contribution in [2.75, 3.05) is 11.1 Å². The van der Waals surface area contributed by atoms with E-state index in [9.17, 15) is 4.79 Å². The van der Waals surface area contributed by atoms with E-state index in [4.69, 9.17) is 4.42 Å². The lowest BCUT2D eigenvalue weighted by Crippen LogP contribution is -2.14. The average molecular weight is 339 g/mol. The minimum absolute atomic E-state index is 0.112. The fraction of sp³-hybridized carbons (Fsp3) is 0.167. The van der Waals surface area contributed by atoms with Crippen LogP contribution in [0.3, 0.4) is 0 Å². The molecule has 0 bridgehead atoms. The Morgan fingerprint density at radius 2 is 1.88 bits per heavy atom. The van der Waals surface area contributed by atoms with E-state index >= 15 is 0 Å². The molecule has 0 aliphatic carbocycles. The average Bonchev–Trinajstić information content (AvgIpc) is 3.03. The molecule has 3 rings (SSSR count). The summed E-state index contributed by atoms with van der Waals surface area (Å²) in [6.45, 7) is 4.02. The minimum Gasteiger partial charge on any atom is -0.403 e. The van der Waals surface area contributed by atoms with E-state index in [1.54, 1.807) is 0 Å². The quantitative estimate of drug-likeness (QED) is 0.709. The summed E-state index contributed by atoms with van der Waals surface area (Å²) >= 11 is 1.46. The van der Waals surface area contributed by atoms with Gasteiger partial charge >= 0.3 is 6.01 Å². The highest BCUT2D eigenvalue weighted by atomic mass is 32.2. The predicted molar refractivity (Wildman–Crippen MR) is 95.0 cm³/mol. The number of carbonyl (C=O) groups excluding carboxylic acids is 1. The maximum atomic E-state index is 12.0. The highest BCUT2D eigenvalue weighted by molar-refractivity contribution is 8.00. The van der Waals surface area contributed by atoms with E-state index < -0.39 is 0 Å². The molecular formula is C18H17N3O2S. The third kappa shape index (κ3) is 4.23. The monoisotopic (exact) mass is 339 g/mol. The largest absolute Gasteiger partial charge is 0.403 e. The van der Waals surface area contributed by atoms with E-state index in [-0.39, 0.29) is 17.7 Å². The van der Waals surface area contributed by atoms with Gasteiger partial charge in [-0.3, -0.25) is 10.1 Å². The summed E-state index contributed by atoms with van der Waals surface area (Å²) in [5, 5.41) is 10.5. The van der Waals surface area contributed by atoms with Crippen LogP contribution >= 0.6 is 11.8 Å². The van der Waals surface area contributed by atoms with Gasteiger partial charge in [0, 0.05) is 10.5 Å². The molecule has 1 heterocycles. The van der Waals surface area contributed by atoms with E-state index in [1.807, 2.05) is 62.4 Å². The number of carbonyl (C=O) groups is 1. The first-order valence-corrected chi connectivity index (χ1v) is 8.48. The highest BCUT2D eigenvalue weighted by Crippen LogP contribution is 2.21. The van der Waals surface area contributed by atoms with Crippen LogP contribution in [0.25, 0.3) is 11.5 Å². The van der Waals surface area contributed by atoms with Gasteiger partial charge in [0.25, 0.3) is 0 Å². The Morgan fingerprint density at radius 1 is 1.08 bits per heavy atom. The lowest BCUT2D eigenvalue weighted by Gasteiger charge is -2.02. The summed E-state index contributed by atoms with van der Waals surface area (Å²) in [4.78, 5) is 13.0. The van der Waals surface area contributed by atoms with Gasteiger partial charge < -0.3 is 4.42 Å². The van der Waals surface area contributed by atoms with Gasteiger partial charge in [-0.15, -0.1) is 16.9 Å². The zero-order valence-corrected chi connectivity index (χ0v) is 14.3. The summed E-state index contributed by atoms with van der Waals surface area (Å²) in [7, 11) is 0. The summed E-state index contributed by atoms with van der Waals surface area (Å²) in [6.07, 6.45) is 0. The zero-order valence-electron chi connectivity index (χ0n) is 13.4. The second kappa shape index (κ2) is 7.31. The maximum Gasteiger partial charge on any atom is 0.322 e. The Labute approximate surface area is 144 Å². The molecule has 0 unspecified atom stereocenters. The number of anilines is 1. The van der Waals surface area contributed by atoms with Crippen LogP contribution in [0.4, 0.5) is 6.01 Å². The number of nitrogens with zero attached hydrogens (tertiary/aromatic N) is 2. The molecule has 1 amide bonds. The van der Waals surface area contributed by atoms with Crippen LogP contribution < -0.4 is 5.32 Å². The number of aryl methyl sites for hydroxylation is 2. The molecule has 3 aromatic rings. The van der Waals surface area contributed by atoms with Gasteiger partial charge in [-0.05, 0) is 38.1 Å². The number of aromatic nitrogens is 2. The number of nitrogens with one attached hydrogen (secondary N) is 1. The van der Waals surface area contributed by atoms with Crippen molar-refractivity contribution in [1.29, 1.82) is 0 Å². The Hall–Kier alpha value is -2.60. The number of rotatable bonds is 5. The molecule has 0 radical (unpaired) electrons. The van der Waals surface area contributed by atoms with Crippen LogP contribution in [0.5, 0.6) is 0 Å². The first-order chi connectivity index (χ1) is 11.6. The van der Waals surface area contributed by atoms with Crippen LogP contribution in [0.1, 0.15) is 11.1 Å². The summed E-state index contributed by atoms with van der Waals surface area (Å²) < 4.78 is 5.50. The molecule has 2 aromatic carbocycles. The molecule has 0 saturated heterocycles. The van der Waals surface area contributed by atoms with Crippen LogP contribution in [0.15, 0.2) is 57.8 Å². The van der Waals surface area contributed by atoms with Gasteiger partial charge in [0.15, 0.2) is 0 Å². The van der Waals surface area contributed by atoms with Crippen molar-refractivity contribution in [3.8, 4) is 11.5 Å². The Bertz CT molecular complexity index is 843. The van der Waals surface area contributed by atoms with Crippen molar-refractivity contribution in [3.05, 3.63) is 59.7 Å². The fourth-order valence-corrected chi connectivity index (χ4v) is 2.81. The first kappa shape index (κ1) is 16.3. The van der Waals surface area contributed by atoms with Gasteiger partial charge in [-0.1, -0.05) is 40.5 Å². The standard InChI is InChI=1S/C18H17N3O2S/c1-12-6-8-15(9-7-12)24-11-16(22)19-18-21-20-17(23-18)14-5-3-4-13(2)10-14/h3-10H,11H2,1-2H3,(H,19,21,22). The van der Waals surface area contributed by atoms with Crippen LogP contribution in [-0.4, -0.2) is 21.9 Å². The molecule has 0 saturated carbocycles. The van der Waals surface area contributed by atoms with Gasteiger partial charge in [-0.2, -0.15) is 0 Å². The Morgan fingerprint density at radius 3 is 2.62 bits per heavy atom. The van der Waals surface area contributed by atoms with Crippen LogP contribution in [-0.2, 0) is 4.79 Å². The number of hydrogen-bond acceptors (Lipinski definition) is 5. The third-order valence-electron chi connectivity index (χ3n) is 3.33. The van der Waals surface area contributed by atoms with Crippen molar-refractivity contribution >= 4 is 23.7 Å². The molecule has 0 spiro atoms. The molecule has 0 fully saturated rings. The van der Waals surface area contributed by atoms with Crippen molar-refractivity contribution in [2.45, 2.75) is 18.7 Å². The van der Waals surface area contributed by atoms with Gasteiger partial charge in [0.2, 0.25) is 11.8 Å². The van der Waals surface area contributed by atoms with Crippen molar-refractivity contribution in [1.82, 2.24) is 10.2 Å². The third-order valence-corrected chi connectivity index (χ3v) is 4.34.